The molecule has 126 valence electrons. The molecule has 6 heteroatoms. The van der Waals surface area contributed by atoms with Crippen molar-refractivity contribution in [3.8, 4) is 5.75 Å². The van der Waals surface area contributed by atoms with Crippen molar-refractivity contribution in [1.29, 1.82) is 0 Å². The fourth-order valence-corrected chi connectivity index (χ4v) is 3.42. The molecule has 0 aliphatic carbocycles. The quantitative estimate of drug-likeness (QED) is 0.569. The maximum Gasteiger partial charge on any atom is 0.157 e. The van der Waals surface area contributed by atoms with Crippen LogP contribution in [0.3, 0.4) is 0 Å². The highest BCUT2D eigenvalue weighted by Crippen LogP contribution is 2.32. The molecule has 4 aromatic rings. The van der Waals surface area contributed by atoms with Crippen LogP contribution in [0.25, 0.3) is 16.6 Å². The number of anilines is 2. The Labute approximate surface area is 150 Å². The summed E-state index contributed by atoms with van der Waals surface area (Å²) in [6.07, 6.45) is 3.57. The van der Waals surface area contributed by atoms with Crippen LogP contribution in [0.2, 0.25) is 5.02 Å². The molecule has 0 saturated heterocycles. The Kier molecular flexibility index (Phi) is 3.73. The van der Waals surface area contributed by atoms with Crippen LogP contribution in [0.5, 0.6) is 5.75 Å². The van der Waals surface area contributed by atoms with Gasteiger partial charge in [0, 0.05) is 6.07 Å². The van der Waals surface area contributed by atoms with Crippen LogP contribution in [0, 0.1) is 13.8 Å². The number of methoxy groups -OCH3 is 1. The summed E-state index contributed by atoms with van der Waals surface area (Å²) in [5.41, 5.74) is 5.70. The minimum Gasteiger partial charge on any atom is -0.497 e. The van der Waals surface area contributed by atoms with Crippen molar-refractivity contribution in [1.82, 2.24) is 14.4 Å². The fraction of sp³-hybridized carbons (Fsp3) is 0.158. The van der Waals surface area contributed by atoms with Crippen LogP contribution < -0.4 is 10.1 Å². The molecule has 0 unspecified atom stereocenters. The van der Waals surface area contributed by atoms with E-state index >= 15 is 0 Å². The number of fused-ring (bicyclic) bond motifs is 3. The van der Waals surface area contributed by atoms with Gasteiger partial charge in [0.1, 0.15) is 11.3 Å². The highest BCUT2D eigenvalue weighted by Gasteiger charge is 2.13. The fourth-order valence-electron chi connectivity index (χ4n) is 3.05. The lowest BCUT2D eigenvalue weighted by Crippen LogP contribution is -2.01. The summed E-state index contributed by atoms with van der Waals surface area (Å²) < 4.78 is 7.32. The first-order valence-electron chi connectivity index (χ1n) is 7.90. The van der Waals surface area contributed by atoms with E-state index in [-0.39, 0.29) is 0 Å². The zero-order valence-corrected chi connectivity index (χ0v) is 14.9. The number of aryl methyl sites for hydroxylation is 2. The molecule has 0 fully saturated rings. The van der Waals surface area contributed by atoms with Gasteiger partial charge in [0.25, 0.3) is 0 Å². The van der Waals surface area contributed by atoms with Gasteiger partial charge in [-0.25, -0.2) is 9.97 Å². The van der Waals surface area contributed by atoms with Crippen LogP contribution in [0.4, 0.5) is 11.5 Å². The first-order chi connectivity index (χ1) is 12.1. The topological polar surface area (TPSA) is 51.5 Å². The highest BCUT2D eigenvalue weighted by molar-refractivity contribution is 6.33. The number of imidazole rings is 1. The Bertz CT molecular complexity index is 1080. The zero-order valence-electron chi connectivity index (χ0n) is 14.2. The van der Waals surface area contributed by atoms with E-state index in [2.05, 4.69) is 16.4 Å². The van der Waals surface area contributed by atoms with Gasteiger partial charge in [-0.05, 0) is 43.2 Å². The third-order valence-corrected chi connectivity index (χ3v) is 4.53. The molecule has 0 aliphatic rings. The van der Waals surface area contributed by atoms with Gasteiger partial charge in [-0.3, -0.25) is 4.40 Å². The van der Waals surface area contributed by atoms with Gasteiger partial charge in [0.2, 0.25) is 0 Å². The van der Waals surface area contributed by atoms with E-state index in [0.29, 0.717) is 10.8 Å². The molecule has 5 nitrogen and oxygen atoms in total. The summed E-state index contributed by atoms with van der Waals surface area (Å²) in [6, 6.07) is 9.82. The molecular weight excluding hydrogens is 336 g/mol. The van der Waals surface area contributed by atoms with Gasteiger partial charge in [-0.15, -0.1) is 0 Å². The van der Waals surface area contributed by atoms with Gasteiger partial charge < -0.3 is 10.1 Å². The van der Waals surface area contributed by atoms with Gasteiger partial charge in [-0.1, -0.05) is 17.7 Å². The molecule has 2 heterocycles. The van der Waals surface area contributed by atoms with Gasteiger partial charge in [0.05, 0.1) is 41.4 Å². The number of rotatable bonds is 3. The number of nitrogens with one attached hydrogen (secondary N) is 1. The maximum absolute atomic E-state index is 6.44. The van der Waals surface area contributed by atoms with Crippen molar-refractivity contribution in [2.75, 3.05) is 12.4 Å². The van der Waals surface area contributed by atoms with Gasteiger partial charge >= 0.3 is 0 Å². The third kappa shape index (κ3) is 2.66. The standard InChI is InChI=1S/C19H17ClN4O/c1-11-6-12(2)18(14(20)7-11)23-19-17-9-21-10-24(17)16-5-4-13(25-3)8-15(16)22-19/h4-10H,1-3H3,(H,22,23). The zero-order chi connectivity index (χ0) is 17.6. The van der Waals surface area contributed by atoms with E-state index in [9.17, 15) is 0 Å². The average molecular weight is 353 g/mol. The third-order valence-electron chi connectivity index (χ3n) is 4.23. The first-order valence-corrected chi connectivity index (χ1v) is 8.28. The summed E-state index contributed by atoms with van der Waals surface area (Å²) in [4.78, 5) is 9.05. The monoisotopic (exact) mass is 352 g/mol. The van der Waals surface area contributed by atoms with E-state index in [4.69, 9.17) is 21.3 Å². The van der Waals surface area contributed by atoms with Crippen LogP contribution in [-0.2, 0) is 0 Å². The molecule has 0 spiro atoms. The number of benzene rings is 2. The number of ether oxygens (including phenoxy) is 1. The van der Waals surface area contributed by atoms with Crippen LogP contribution in [0.1, 0.15) is 11.1 Å². The molecule has 1 N–H and O–H groups in total. The van der Waals surface area contributed by atoms with E-state index in [1.807, 2.05) is 42.5 Å². The summed E-state index contributed by atoms with van der Waals surface area (Å²) in [7, 11) is 1.64. The Balaban J connectivity index is 1.93. The summed E-state index contributed by atoms with van der Waals surface area (Å²) >= 11 is 6.44. The number of hydrogen-bond donors (Lipinski definition) is 1. The first kappa shape index (κ1) is 15.7. The van der Waals surface area contributed by atoms with E-state index in [1.165, 1.54) is 0 Å². The average Bonchev–Trinajstić information content (AvgIpc) is 3.07. The minimum absolute atomic E-state index is 0.669. The molecule has 25 heavy (non-hydrogen) atoms. The van der Waals surface area contributed by atoms with E-state index < -0.39 is 0 Å². The maximum atomic E-state index is 6.44. The van der Waals surface area contributed by atoms with Crippen molar-refractivity contribution in [2.45, 2.75) is 13.8 Å². The second-order valence-corrected chi connectivity index (χ2v) is 6.43. The SMILES string of the molecule is COc1ccc2c(c1)nc(Nc1c(C)cc(C)cc1Cl)c1cncn12. The Hall–Kier alpha value is -2.79. The molecule has 0 bridgehead atoms. The van der Waals surface area contributed by atoms with Crippen molar-refractivity contribution in [3.63, 3.8) is 0 Å². The lowest BCUT2D eigenvalue weighted by Gasteiger charge is -2.14. The number of nitrogens with zero attached hydrogens (tertiary/aromatic N) is 3. The molecule has 0 aliphatic heterocycles. The Morgan fingerprint density at radius 2 is 1.96 bits per heavy atom. The second-order valence-electron chi connectivity index (χ2n) is 6.03. The molecular formula is C19H17ClN4O. The lowest BCUT2D eigenvalue weighted by atomic mass is 10.1. The molecule has 2 aromatic heterocycles. The smallest absolute Gasteiger partial charge is 0.157 e. The predicted molar refractivity (Wildman–Crippen MR) is 101 cm³/mol. The van der Waals surface area contributed by atoms with Crippen molar-refractivity contribution in [3.05, 3.63) is 59.0 Å². The molecule has 0 saturated carbocycles. The molecule has 0 amide bonds. The molecule has 2 aromatic carbocycles. The van der Waals surface area contributed by atoms with Gasteiger partial charge in [-0.2, -0.15) is 0 Å². The van der Waals surface area contributed by atoms with Crippen LogP contribution in [-0.4, -0.2) is 21.5 Å². The van der Waals surface area contributed by atoms with Crippen LogP contribution in [0.15, 0.2) is 42.9 Å². The molecule has 0 radical (unpaired) electrons. The number of aromatic nitrogens is 3. The largest absolute Gasteiger partial charge is 0.497 e. The van der Waals surface area contributed by atoms with Crippen molar-refractivity contribution < 1.29 is 4.74 Å². The molecule has 0 atom stereocenters. The lowest BCUT2D eigenvalue weighted by molar-refractivity contribution is 0.415. The normalized spacial score (nSPS) is 11.2. The minimum atomic E-state index is 0.669. The van der Waals surface area contributed by atoms with Gasteiger partial charge in [0.15, 0.2) is 5.82 Å². The molecule has 4 rings (SSSR count). The van der Waals surface area contributed by atoms with E-state index in [0.717, 1.165) is 39.1 Å². The summed E-state index contributed by atoms with van der Waals surface area (Å²) in [5.74, 6) is 1.46. The van der Waals surface area contributed by atoms with Crippen LogP contribution >= 0.6 is 11.6 Å². The van der Waals surface area contributed by atoms with Crippen molar-refractivity contribution in [2.24, 2.45) is 0 Å². The number of hydrogen-bond acceptors (Lipinski definition) is 4. The second kappa shape index (κ2) is 5.93. The summed E-state index contributed by atoms with van der Waals surface area (Å²) in [5, 5.41) is 4.05. The van der Waals surface area contributed by atoms with E-state index in [1.54, 1.807) is 19.6 Å². The number of halogens is 1. The summed E-state index contributed by atoms with van der Waals surface area (Å²) in [6.45, 7) is 4.05. The Morgan fingerprint density at radius 1 is 1.12 bits per heavy atom. The Morgan fingerprint density at radius 3 is 2.72 bits per heavy atom. The highest BCUT2D eigenvalue weighted by atomic mass is 35.5. The van der Waals surface area contributed by atoms with Crippen molar-refractivity contribution >= 4 is 39.7 Å². The predicted octanol–water partition coefficient (Wildman–Crippen LogP) is 4.90.